The molecule has 0 aromatic rings. The molecule has 112 valence electrons. The highest BCUT2D eigenvalue weighted by atomic mass is 32.2. The summed E-state index contributed by atoms with van der Waals surface area (Å²) in [5.41, 5.74) is 0.121. The van der Waals surface area contributed by atoms with Gasteiger partial charge in [0, 0.05) is 20.1 Å². The summed E-state index contributed by atoms with van der Waals surface area (Å²) in [5, 5.41) is 0. The van der Waals surface area contributed by atoms with E-state index in [9.17, 15) is 13.2 Å². The van der Waals surface area contributed by atoms with E-state index < -0.39 is 16.2 Å². The number of rotatable bonds is 8. The van der Waals surface area contributed by atoms with Crippen molar-refractivity contribution >= 4 is 16.2 Å². The summed E-state index contributed by atoms with van der Waals surface area (Å²) in [5.74, 6) is 0.0541. The van der Waals surface area contributed by atoms with E-state index in [-0.39, 0.29) is 18.4 Å². The Labute approximate surface area is 115 Å². The summed E-state index contributed by atoms with van der Waals surface area (Å²) in [7, 11) is -0.770. The van der Waals surface area contributed by atoms with Crippen molar-refractivity contribution in [2.45, 2.75) is 33.1 Å². The predicted molar refractivity (Wildman–Crippen MR) is 72.7 cm³/mol. The van der Waals surface area contributed by atoms with Gasteiger partial charge >= 0.3 is 5.97 Å². The van der Waals surface area contributed by atoms with Crippen LogP contribution in [0.5, 0.6) is 0 Å². The van der Waals surface area contributed by atoms with Crippen molar-refractivity contribution in [1.29, 1.82) is 0 Å². The molecule has 19 heavy (non-hydrogen) atoms. The van der Waals surface area contributed by atoms with Crippen LogP contribution < -0.4 is 4.72 Å². The summed E-state index contributed by atoms with van der Waals surface area (Å²) < 4.78 is 32.3. The van der Waals surface area contributed by atoms with E-state index in [1.807, 2.05) is 0 Å². The van der Waals surface area contributed by atoms with Gasteiger partial charge in [-0.05, 0) is 24.2 Å². The molecule has 0 atom stereocenters. The van der Waals surface area contributed by atoms with Crippen molar-refractivity contribution < 1.29 is 17.9 Å². The topological polar surface area (TPSA) is 75.7 Å². The summed E-state index contributed by atoms with van der Waals surface area (Å²) >= 11 is 0. The molecule has 0 aliphatic heterocycles. The van der Waals surface area contributed by atoms with E-state index in [0.29, 0.717) is 12.5 Å². The molecule has 1 rings (SSSR count). The Morgan fingerprint density at radius 3 is 2.42 bits per heavy atom. The Morgan fingerprint density at radius 2 is 2.00 bits per heavy atom. The number of methoxy groups -OCH3 is 1. The van der Waals surface area contributed by atoms with Crippen LogP contribution in [0.4, 0.5) is 0 Å². The van der Waals surface area contributed by atoms with Gasteiger partial charge in [0.25, 0.3) is 10.2 Å². The minimum atomic E-state index is -3.52. The molecule has 6 nitrogen and oxygen atoms in total. The van der Waals surface area contributed by atoms with Crippen LogP contribution in [-0.4, -0.2) is 45.9 Å². The van der Waals surface area contributed by atoms with Gasteiger partial charge in [0.05, 0.1) is 13.5 Å². The normalized spacial score (nSPS) is 17.8. The summed E-state index contributed by atoms with van der Waals surface area (Å²) in [6, 6.07) is 0. The quantitative estimate of drug-likeness (QED) is 0.670. The van der Waals surface area contributed by atoms with E-state index in [1.54, 1.807) is 0 Å². The average Bonchev–Trinajstić information content (AvgIpc) is 3.14. The van der Waals surface area contributed by atoms with Gasteiger partial charge in [-0.25, -0.2) is 4.72 Å². The summed E-state index contributed by atoms with van der Waals surface area (Å²) in [6.07, 6.45) is 2.20. The highest BCUT2D eigenvalue weighted by Crippen LogP contribution is 2.51. The molecule has 0 spiro atoms. The lowest BCUT2D eigenvalue weighted by Gasteiger charge is -2.23. The number of ether oxygens (including phenoxy) is 1. The first-order chi connectivity index (χ1) is 8.73. The lowest BCUT2D eigenvalue weighted by atomic mass is 9.93. The smallest absolute Gasteiger partial charge is 0.306 e. The predicted octanol–water partition coefficient (Wildman–Crippen LogP) is 0.752. The maximum absolute atomic E-state index is 12.0. The monoisotopic (exact) mass is 292 g/mol. The standard InChI is InChI=1S/C12H24N2O4S/c1-10(2)12(6-7-12)9-13-19(16,17)14(3)8-5-11(15)18-4/h10,13H,5-9H2,1-4H3. The minimum absolute atomic E-state index is 0.0588. The van der Waals surface area contributed by atoms with Gasteiger partial charge in [-0.2, -0.15) is 12.7 Å². The largest absolute Gasteiger partial charge is 0.469 e. The van der Waals surface area contributed by atoms with E-state index in [4.69, 9.17) is 0 Å². The fourth-order valence-electron chi connectivity index (χ4n) is 1.93. The van der Waals surface area contributed by atoms with Crippen molar-refractivity contribution in [2.75, 3.05) is 27.2 Å². The Kier molecular flexibility index (Phi) is 5.34. The Hall–Kier alpha value is -0.660. The number of nitrogens with one attached hydrogen (secondary N) is 1. The van der Waals surface area contributed by atoms with E-state index in [2.05, 4.69) is 23.3 Å². The van der Waals surface area contributed by atoms with Crippen LogP contribution in [0.25, 0.3) is 0 Å². The molecule has 7 heteroatoms. The first-order valence-corrected chi connectivity index (χ1v) is 7.95. The molecule has 1 N–H and O–H groups in total. The Balaban J connectivity index is 2.45. The number of nitrogens with zero attached hydrogens (tertiary/aromatic N) is 1. The third-order valence-corrected chi connectivity index (χ3v) is 5.50. The van der Waals surface area contributed by atoms with Crippen LogP contribution in [0.15, 0.2) is 0 Å². The third kappa shape index (κ3) is 4.43. The number of esters is 1. The van der Waals surface area contributed by atoms with Gasteiger partial charge < -0.3 is 4.74 Å². The highest BCUT2D eigenvalue weighted by Gasteiger charge is 2.45. The zero-order valence-electron chi connectivity index (χ0n) is 12.1. The second-order valence-electron chi connectivity index (χ2n) is 5.49. The van der Waals surface area contributed by atoms with Crippen LogP contribution in [0.2, 0.25) is 0 Å². The molecule has 0 saturated heterocycles. The summed E-state index contributed by atoms with van der Waals surface area (Å²) in [6.45, 7) is 4.82. The average molecular weight is 292 g/mol. The summed E-state index contributed by atoms with van der Waals surface area (Å²) in [4.78, 5) is 11.0. The van der Waals surface area contributed by atoms with Crippen molar-refractivity contribution in [3.63, 3.8) is 0 Å². The van der Waals surface area contributed by atoms with Crippen LogP contribution in [-0.2, 0) is 19.7 Å². The molecule has 0 aromatic heterocycles. The molecule has 0 heterocycles. The van der Waals surface area contributed by atoms with E-state index >= 15 is 0 Å². The van der Waals surface area contributed by atoms with Gasteiger partial charge in [-0.3, -0.25) is 4.79 Å². The number of carbonyl (C=O) groups is 1. The first-order valence-electron chi connectivity index (χ1n) is 6.51. The van der Waals surface area contributed by atoms with Gasteiger partial charge in [0.1, 0.15) is 0 Å². The number of hydrogen-bond donors (Lipinski definition) is 1. The zero-order chi connectivity index (χ0) is 14.7. The van der Waals surface area contributed by atoms with Gasteiger partial charge in [-0.1, -0.05) is 13.8 Å². The molecule has 0 aromatic carbocycles. The van der Waals surface area contributed by atoms with Crippen LogP contribution in [0.1, 0.15) is 33.1 Å². The van der Waals surface area contributed by atoms with E-state index in [0.717, 1.165) is 17.1 Å². The van der Waals surface area contributed by atoms with Crippen molar-refractivity contribution in [2.24, 2.45) is 11.3 Å². The van der Waals surface area contributed by atoms with Gasteiger partial charge in [-0.15, -0.1) is 0 Å². The molecule has 0 amide bonds. The Bertz CT molecular complexity index is 415. The number of hydrogen-bond acceptors (Lipinski definition) is 4. The van der Waals surface area contributed by atoms with Crippen molar-refractivity contribution in [1.82, 2.24) is 9.03 Å². The Morgan fingerprint density at radius 1 is 1.42 bits per heavy atom. The maximum Gasteiger partial charge on any atom is 0.306 e. The van der Waals surface area contributed by atoms with Crippen LogP contribution >= 0.6 is 0 Å². The molecule has 1 saturated carbocycles. The third-order valence-electron chi connectivity index (χ3n) is 3.99. The van der Waals surface area contributed by atoms with Gasteiger partial charge in [0.2, 0.25) is 0 Å². The molecule has 0 unspecified atom stereocenters. The lowest BCUT2D eigenvalue weighted by Crippen LogP contribution is -2.42. The molecular formula is C12H24N2O4S. The number of carbonyl (C=O) groups excluding carboxylic acids is 1. The second kappa shape index (κ2) is 6.19. The molecule has 1 fully saturated rings. The van der Waals surface area contributed by atoms with Gasteiger partial charge in [0.15, 0.2) is 0 Å². The van der Waals surface area contributed by atoms with E-state index in [1.165, 1.54) is 14.2 Å². The van der Waals surface area contributed by atoms with Crippen LogP contribution in [0, 0.1) is 11.3 Å². The fraction of sp³-hybridized carbons (Fsp3) is 0.917. The lowest BCUT2D eigenvalue weighted by molar-refractivity contribution is -0.140. The van der Waals surface area contributed by atoms with Crippen molar-refractivity contribution in [3.8, 4) is 0 Å². The molecule has 0 bridgehead atoms. The zero-order valence-corrected chi connectivity index (χ0v) is 12.9. The second-order valence-corrected chi connectivity index (χ2v) is 7.35. The minimum Gasteiger partial charge on any atom is -0.469 e. The fourth-order valence-corrected chi connectivity index (χ4v) is 2.96. The van der Waals surface area contributed by atoms with Crippen LogP contribution in [0.3, 0.4) is 0 Å². The molecule has 1 aliphatic carbocycles. The SMILES string of the molecule is COC(=O)CCN(C)S(=O)(=O)NCC1(C(C)C)CC1. The maximum atomic E-state index is 12.0. The molecular weight excluding hydrogens is 268 g/mol. The molecule has 1 aliphatic rings. The van der Waals surface area contributed by atoms with Crippen molar-refractivity contribution in [3.05, 3.63) is 0 Å². The first kappa shape index (κ1) is 16.4. The highest BCUT2D eigenvalue weighted by molar-refractivity contribution is 7.87. The molecule has 0 radical (unpaired) electrons.